The molecule has 0 radical (unpaired) electrons. The van der Waals surface area contributed by atoms with Gasteiger partial charge in [-0.15, -0.1) is 11.3 Å². The van der Waals surface area contributed by atoms with E-state index in [0.717, 1.165) is 35.2 Å². The number of nitrogens with zero attached hydrogens (tertiary/aromatic N) is 1. The Morgan fingerprint density at radius 1 is 1.07 bits per heavy atom. The number of hydrogen-bond acceptors (Lipinski definition) is 4. The zero-order valence-corrected chi connectivity index (χ0v) is 17.9. The summed E-state index contributed by atoms with van der Waals surface area (Å²) in [5.41, 5.74) is 4.31. The molecule has 2 aromatic carbocycles. The average molecular weight is 427 g/mol. The molecule has 29 heavy (non-hydrogen) atoms. The molecule has 0 saturated heterocycles. The molecule has 4 rings (SSSR count). The molecule has 7 heteroatoms. The molecule has 0 saturated carbocycles. The quantitative estimate of drug-likeness (QED) is 0.654. The van der Waals surface area contributed by atoms with E-state index >= 15 is 0 Å². The molecule has 150 valence electrons. The first-order valence-electron chi connectivity index (χ1n) is 9.43. The minimum Gasteiger partial charge on any atom is -0.307 e. The number of carbonyl (C=O) groups excluding carboxylic acids is 1. The van der Waals surface area contributed by atoms with Crippen LogP contribution in [0, 0.1) is 13.8 Å². The minimum absolute atomic E-state index is 0.00980. The third-order valence-electron chi connectivity index (χ3n) is 5.22. The minimum atomic E-state index is -3.67. The van der Waals surface area contributed by atoms with Crippen molar-refractivity contribution in [2.24, 2.45) is 0 Å². The number of amides is 1. The molecule has 0 unspecified atom stereocenters. The van der Waals surface area contributed by atoms with Crippen molar-refractivity contribution in [1.29, 1.82) is 0 Å². The molecule has 1 aliphatic heterocycles. The zero-order valence-electron chi connectivity index (χ0n) is 16.3. The number of thiophene rings is 1. The van der Waals surface area contributed by atoms with Gasteiger partial charge in [-0.05, 0) is 85.2 Å². The standard InChI is InChI=1S/C22H22N2O3S2/c1-15-7-9-19(13-16(15)2)29(26,27)23-18-8-10-20-17(14-18)5-3-11-24(20)22(25)21-6-4-12-28-21/h4,6-10,12-14,23H,3,5,11H2,1-2H3. The van der Waals surface area contributed by atoms with Crippen molar-refractivity contribution in [3.63, 3.8) is 0 Å². The van der Waals surface area contributed by atoms with Gasteiger partial charge >= 0.3 is 0 Å². The van der Waals surface area contributed by atoms with E-state index in [1.54, 1.807) is 23.1 Å². The van der Waals surface area contributed by atoms with E-state index in [2.05, 4.69) is 4.72 Å². The van der Waals surface area contributed by atoms with Crippen LogP contribution in [-0.4, -0.2) is 20.9 Å². The van der Waals surface area contributed by atoms with Gasteiger partial charge in [0.25, 0.3) is 15.9 Å². The largest absolute Gasteiger partial charge is 0.307 e. The maximum atomic E-state index is 12.8. The zero-order chi connectivity index (χ0) is 20.6. The first-order valence-corrected chi connectivity index (χ1v) is 11.8. The fraction of sp³-hybridized carbons (Fsp3) is 0.227. The van der Waals surface area contributed by atoms with Crippen LogP contribution < -0.4 is 9.62 Å². The highest BCUT2D eigenvalue weighted by molar-refractivity contribution is 7.92. The lowest BCUT2D eigenvalue weighted by Gasteiger charge is -2.29. The molecule has 5 nitrogen and oxygen atoms in total. The van der Waals surface area contributed by atoms with Gasteiger partial charge in [-0.2, -0.15) is 0 Å². The molecule has 1 amide bonds. The van der Waals surface area contributed by atoms with Crippen molar-refractivity contribution in [3.05, 3.63) is 75.5 Å². The summed E-state index contributed by atoms with van der Waals surface area (Å²) in [6, 6.07) is 14.2. The number of fused-ring (bicyclic) bond motifs is 1. The number of sulfonamides is 1. The van der Waals surface area contributed by atoms with Crippen LogP contribution in [0.3, 0.4) is 0 Å². The van der Waals surface area contributed by atoms with Crippen LogP contribution in [0.2, 0.25) is 0 Å². The summed E-state index contributed by atoms with van der Waals surface area (Å²) in [7, 11) is -3.67. The number of anilines is 2. The molecule has 1 aliphatic rings. The predicted molar refractivity (Wildman–Crippen MR) is 117 cm³/mol. The summed E-state index contributed by atoms with van der Waals surface area (Å²) in [6.45, 7) is 4.51. The Morgan fingerprint density at radius 3 is 2.62 bits per heavy atom. The number of carbonyl (C=O) groups is 1. The highest BCUT2D eigenvalue weighted by Gasteiger charge is 2.25. The third kappa shape index (κ3) is 3.93. The number of aryl methyl sites for hydroxylation is 3. The van der Waals surface area contributed by atoms with Crippen molar-refractivity contribution in [1.82, 2.24) is 0 Å². The Hall–Kier alpha value is -2.64. The van der Waals surface area contributed by atoms with Gasteiger partial charge in [0.05, 0.1) is 9.77 Å². The van der Waals surface area contributed by atoms with Crippen molar-refractivity contribution >= 4 is 38.6 Å². The number of hydrogen-bond donors (Lipinski definition) is 1. The van der Waals surface area contributed by atoms with Gasteiger partial charge in [-0.25, -0.2) is 8.42 Å². The van der Waals surface area contributed by atoms with Gasteiger partial charge in [0.2, 0.25) is 0 Å². The lowest BCUT2D eigenvalue weighted by atomic mass is 10.0. The second kappa shape index (κ2) is 7.65. The van der Waals surface area contributed by atoms with E-state index in [1.807, 2.05) is 49.6 Å². The molecule has 1 N–H and O–H groups in total. The molecule has 0 fully saturated rings. The van der Waals surface area contributed by atoms with E-state index < -0.39 is 10.0 Å². The third-order valence-corrected chi connectivity index (χ3v) is 7.45. The number of benzene rings is 2. The SMILES string of the molecule is Cc1ccc(S(=O)(=O)Nc2ccc3c(c2)CCCN3C(=O)c2cccs2)cc1C. The van der Waals surface area contributed by atoms with E-state index in [0.29, 0.717) is 17.1 Å². The van der Waals surface area contributed by atoms with Crippen LogP contribution in [0.4, 0.5) is 11.4 Å². The average Bonchev–Trinajstić information content (AvgIpc) is 3.23. The monoisotopic (exact) mass is 426 g/mol. The van der Waals surface area contributed by atoms with Gasteiger partial charge in [-0.3, -0.25) is 9.52 Å². The van der Waals surface area contributed by atoms with Crippen LogP contribution in [0.15, 0.2) is 58.8 Å². The second-order valence-electron chi connectivity index (χ2n) is 7.23. The fourth-order valence-electron chi connectivity index (χ4n) is 3.50. The van der Waals surface area contributed by atoms with Gasteiger partial charge in [-0.1, -0.05) is 12.1 Å². The molecule has 0 bridgehead atoms. The van der Waals surface area contributed by atoms with Crippen molar-refractivity contribution < 1.29 is 13.2 Å². The Labute approximate surface area is 175 Å². The molecule has 0 spiro atoms. The number of nitrogens with one attached hydrogen (secondary N) is 1. The summed E-state index contributed by atoms with van der Waals surface area (Å²) in [4.78, 5) is 15.5. The maximum absolute atomic E-state index is 12.8. The first kappa shape index (κ1) is 19.7. The molecule has 0 aliphatic carbocycles. The lowest BCUT2D eigenvalue weighted by molar-refractivity contribution is 0.0989. The predicted octanol–water partition coefficient (Wildman–Crippen LogP) is 4.76. The van der Waals surface area contributed by atoms with Gasteiger partial charge in [0.1, 0.15) is 0 Å². The van der Waals surface area contributed by atoms with Crippen molar-refractivity contribution in [3.8, 4) is 0 Å². The Balaban J connectivity index is 1.61. The topological polar surface area (TPSA) is 66.5 Å². The Kier molecular flexibility index (Phi) is 5.19. The van der Waals surface area contributed by atoms with Crippen molar-refractivity contribution in [2.45, 2.75) is 31.6 Å². The second-order valence-corrected chi connectivity index (χ2v) is 9.86. The fourth-order valence-corrected chi connectivity index (χ4v) is 5.31. The summed E-state index contributed by atoms with van der Waals surface area (Å²) in [5.74, 6) is -0.00980. The Morgan fingerprint density at radius 2 is 1.90 bits per heavy atom. The van der Waals surface area contributed by atoms with E-state index in [4.69, 9.17) is 0 Å². The molecule has 0 atom stereocenters. The van der Waals surface area contributed by atoms with Gasteiger partial charge < -0.3 is 4.90 Å². The van der Waals surface area contributed by atoms with E-state index in [1.165, 1.54) is 11.3 Å². The van der Waals surface area contributed by atoms with Crippen molar-refractivity contribution in [2.75, 3.05) is 16.2 Å². The summed E-state index contributed by atoms with van der Waals surface area (Å²) < 4.78 is 28.2. The van der Waals surface area contributed by atoms with Gasteiger partial charge in [0.15, 0.2) is 0 Å². The highest BCUT2D eigenvalue weighted by atomic mass is 32.2. The van der Waals surface area contributed by atoms with Crippen LogP contribution in [-0.2, 0) is 16.4 Å². The maximum Gasteiger partial charge on any atom is 0.268 e. The van der Waals surface area contributed by atoms with Crippen LogP contribution in [0.1, 0.15) is 32.8 Å². The normalized spacial score (nSPS) is 13.8. The van der Waals surface area contributed by atoms with Crippen LogP contribution >= 0.6 is 11.3 Å². The van der Waals surface area contributed by atoms with Gasteiger partial charge in [0, 0.05) is 17.9 Å². The van der Waals surface area contributed by atoms with Crippen LogP contribution in [0.5, 0.6) is 0 Å². The summed E-state index contributed by atoms with van der Waals surface area (Å²) >= 11 is 1.43. The Bertz CT molecular complexity index is 1170. The smallest absolute Gasteiger partial charge is 0.268 e. The molecule has 2 heterocycles. The van der Waals surface area contributed by atoms with E-state index in [-0.39, 0.29) is 10.8 Å². The van der Waals surface area contributed by atoms with E-state index in [9.17, 15) is 13.2 Å². The van der Waals surface area contributed by atoms with Crippen LogP contribution in [0.25, 0.3) is 0 Å². The lowest BCUT2D eigenvalue weighted by Crippen LogP contribution is -2.35. The number of rotatable bonds is 4. The first-order chi connectivity index (χ1) is 13.8. The molecule has 1 aromatic heterocycles. The molecule has 3 aromatic rings. The summed E-state index contributed by atoms with van der Waals surface area (Å²) in [6.07, 6.45) is 1.65. The highest BCUT2D eigenvalue weighted by Crippen LogP contribution is 2.32. The molecular formula is C22H22N2O3S2. The summed E-state index contributed by atoms with van der Waals surface area (Å²) in [5, 5.41) is 1.89. The molecular weight excluding hydrogens is 404 g/mol.